The van der Waals surface area contributed by atoms with Gasteiger partial charge in [0.15, 0.2) is 0 Å². The van der Waals surface area contributed by atoms with Gasteiger partial charge in [0, 0.05) is 56.1 Å². The van der Waals surface area contributed by atoms with Crippen molar-refractivity contribution in [2.45, 2.75) is 39.3 Å². The molecule has 10 nitrogen and oxygen atoms in total. The molecule has 2 aliphatic heterocycles. The number of hydrogen-bond acceptors (Lipinski definition) is 7. The number of nitrogens with zero attached hydrogens (tertiary/aromatic N) is 5. The lowest BCUT2D eigenvalue weighted by atomic mass is 10.0. The second kappa shape index (κ2) is 15.4. The number of para-hydroxylation sites is 1. The summed E-state index contributed by atoms with van der Waals surface area (Å²) in [5, 5.41) is 6.45. The number of piperidine rings is 1. The highest BCUT2D eigenvalue weighted by Gasteiger charge is 2.28. The number of amides is 1. The van der Waals surface area contributed by atoms with E-state index in [-0.39, 0.29) is 17.9 Å². The zero-order valence-electron chi connectivity index (χ0n) is 26.6. The standard InChI is InChI=1S/C34H46N8O2/c1-7-29(24(2)3)32-38-34(42-20-17-26(35)18-21-42)39-33(41(32)6)36-23-25-12-8-9-15-30(25)44-28-14-10-13-27(22-28)37-31(43)16-11-19-40(4)5/h7-16,22,24,26H,1,17-21,23,35H2,2-6H3,(H,37,43)(H,36,38,39)/b16-11+,32-29+. The van der Waals surface area contributed by atoms with Crippen LogP contribution in [0.25, 0.3) is 0 Å². The molecule has 10 heteroatoms. The maximum absolute atomic E-state index is 12.3. The first-order chi connectivity index (χ1) is 21.1. The van der Waals surface area contributed by atoms with E-state index in [1.807, 2.05) is 91.6 Å². The second-order valence-corrected chi connectivity index (χ2v) is 11.6. The third-order valence-corrected chi connectivity index (χ3v) is 7.46. The Bertz CT molecular complexity index is 1430. The topological polar surface area (TPSA) is 111 Å². The number of ether oxygens (including phenoxy) is 1. The summed E-state index contributed by atoms with van der Waals surface area (Å²) in [6, 6.07) is 15.4. The van der Waals surface area contributed by atoms with E-state index in [1.165, 1.54) is 6.08 Å². The lowest BCUT2D eigenvalue weighted by Gasteiger charge is -2.38. The van der Waals surface area contributed by atoms with Crippen molar-refractivity contribution in [1.82, 2.24) is 20.0 Å². The molecule has 2 aromatic rings. The molecule has 0 atom stereocenters. The fourth-order valence-electron chi connectivity index (χ4n) is 4.97. The summed E-state index contributed by atoms with van der Waals surface area (Å²) < 4.78 is 6.30. The normalized spacial score (nSPS) is 18.1. The molecule has 0 aromatic heterocycles. The van der Waals surface area contributed by atoms with Gasteiger partial charge in [-0.05, 0) is 56.6 Å². The molecule has 4 N–H and O–H groups in total. The summed E-state index contributed by atoms with van der Waals surface area (Å²) in [7, 11) is 5.87. The number of nitrogens with one attached hydrogen (secondary N) is 2. The highest BCUT2D eigenvalue weighted by atomic mass is 16.5. The Kier molecular flexibility index (Phi) is 11.3. The zero-order chi connectivity index (χ0) is 31.6. The van der Waals surface area contributed by atoms with Gasteiger partial charge in [-0.25, -0.2) is 4.99 Å². The number of rotatable bonds is 10. The molecule has 1 amide bonds. The van der Waals surface area contributed by atoms with Crippen LogP contribution in [0.5, 0.6) is 11.5 Å². The Morgan fingerprint density at radius 1 is 1.23 bits per heavy atom. The number of likely N-dealkylation sites (tertiary alicyclic amines) is 1. The minimum atomic E-state index is -0.191. The molecular formula is C34H46N8O2. The number of likely N-dealkylation sites (N-methyl/N-ethyl adjacent to an activating group) is 1. The average Bonchev–Trinajstić information content (AvgIpc) is 2.98. The van der Waals surface area contributed by atoms with Gasteiger partial charge >= 0.3 is 0 Å². The van der Waals surface area contributed by atoms with Crippen molar-refractivity contribution < 1.29 is 9.53 Å². The Labute approximate surface area is 261 Å². The highest BCUT2D eigenvalue weighted by Crippen LogP contribution is 2.28. The van der Waals surface area contributed by atoms with E-state index in [0.717, 1.165) is 48.8 Å². The summed E-state index contributed by atoms with van der Waals surface area (Å²) >= 11 is 0. The number of hydrogen-bond donors (Lipinski definition) is 3. The van der Waals surface area contributed by atoms with Gasteiger partial charge in [0.05, 0.1) is 6.54 Å². The van der Waals surface area contributed by atoms with Gasteiger partial charge in [0.2, 0.25) is 17.8 Å². The van der Waals surface area contributed by atoms with Crippen molar-refractivity contribution in [2.24, 2.45) is 21.6 Å². The van der Waals surface area contributed by atoms with Crippen molar-refractivity contribution in [3.63, 3.8) is 0 Å². The Hall–Kier alpha value is -4.41. The SMILES string of the molecule is C=C/C(=C1/NC(N2CCC(N)CC2)=NC(=NCc2ccccc2Oc2cccc(NC(=O)/C=C/CN(C)C)c2)N1C)C(C)C. The van der Waals surface area contributed by atoms with Crippen LogP contribution in [0, 0.1) is 5.92 Å². The van der Waals surface area contributed by atoms with Crippen LogP contribution in [0.2, 0.25) is 0 Å². The number of guanidine groups is 2. The van der Waals surface area contributed by atoms with Crippen molar-refractivity contribution in [1.29, 1.82) is 0 Å². The number of carbonyl (C=O) groups is 1. The van der Waals surface area contributed by atoms with E-state index in [2.05, 4.69) is 36.0 Å². The van der Waals surface area contributed by atoms with Crippen LogP contribution in [0.4, 0.5) is 5.69 Å². The van der Waals surface area contributed by atoms with E-state index in [9.17, 15) is 4.79 Å². The number of carbonyl (C=O) groups excluding carboxylic acids is 1. The van der Waals surface area contributed by atoms with Crippen molar-refractivity contribution >= 4 is 23.5 Å². The third-order valence-electron chi connectivity index (χ3n) is 7.46. The molecule has 2 aliphatic rings. The minimum Gasteiger partial charge on any atom is -0.457 e. The van der Waals surface area contributed by atoms with Crippen LogP contribution in [-0.4, -0.2) is 79.3 Å². The van der Waals surface area contributed by atoms with Gasteiger partial charge < -0.3 is 30.9 Å². The lowest BCUT2D eigenvalue weighted by molar-refractivity contribution is -0.111. The van der Waals surface area contributed by atoms with Gasteiger partial charge in [0.1, 0.15) is 17.3 Å². The maximum atomic E-state index is 12.3. The second-order valence-electron chi connectivity index (χ2n) is 11.6. The molecule has 0 spiro atoms. The van der Waals surface area contributed by atoms with Crippen molar-refractivity contribution in [3.05, 3.63) is 90.3 Å². The molecule has 0 radical (unpaired) electrons. The van der Waals surface area contributed by atoms with Crippen molar-refractivity contribution in [3.8, 4) is 11.5 Å². The molecule has 0 aliphatic carbocycles. The minimum absolute atomic E-state index is 0.191. The molecule has 0 saturated carbocycles. The average molecular weight is 599 g/mol. The molecule has 234 valence electrons. The van der Waals surface area contributed by atoms with Crippen LogP contribution in [0.15, 0.2) is 94.7 Å². The Balaban J connectivity index is 1.56. The molecule has 0 bridgehead atoms. The zero-order valence-corrected chi connectivity index (χ0v) is 26.6. The molecule has 2 heterocycles. The van der Waals surface area contributed by atoms with E-state index < -0.39 is 0 Å². The fourth-order valence-corrected chi connectivity index (χ4v) is 4.97. The van der Waals surface area contributed by atoms with Crippen molar-refractivity contribution in [2.75, 3.05) is 46.1 Å². The third kappa shape index (κ3) is 8.81. The molecule has 1 fully saturated rings. The van der Waals surface area contributed by atoms with E-state index in [4.69, 9.17) is 20.5 Å². The number of anilines is 1. The van der Waals surface area contributed by atoms with Crippen LogP contribution in [0.1, 0.15) is 32.3 Å². The first-order valence-corrected chi connectivity index (χ1v) is 15.1. The predicted molar refractivity (Wildman–Crippen MR) is 180 cm³/mol. The smallest absolute Gasteiger partial charge is 0.248 e. The molecule has 0 unspecified atom stereocenters. The van der Waals surface area contributed by atoms with Gasteiger partial charge in [-0.3, -0.25) is 9.69 Å². The summed E-state index contributed by atoms with van der Waals surface area (Å²) in [5.41, 5.74) is 8.82. The number of nitrogens with two attached hydrogens (primary N) is 1. The molecular weight excluding hydrogens is 552 g/mol. The first kappa shape index (κ1) is 32.5. The van der Waals surface area contributed by atoms with Gasteiger partial charge in [-0.1, -0.05) is 56.8 Å². The summed E-state index contributed by atoms with van der Waals surface area (Å²) in [4.78, 5) is 28.5. The number of aliphatic imine (C=N–C) groups is 2. The molecule has 4 rings (SSSR count). The van der Waals surface area contributed by atoms with Crippen LogP contribution < -0.4 is 21.1 Å². The largest absolute Gasteiger partial charge is 0.457 e. The highest BCUT2D eigenvalue weighted by molar-refractivity contribution is 6.00. The van der Waals surface area contributed by atoms with E-state index in [0.29, 0.717) is 36.2 Å². The number of benzene rings is 2. The quantitative estimate of drug-likeness (QED) is 0.338. The van der Waals surface area contributed by atoms with Crippen LogP contribution in [0.3, 0.4) is 0 Å². The number of allylic oxidation sites excluding steroid dienone is 2. The van der Waals surface area contributed by atoms with Crippen LogP contribution in [-0.2, 0) is 11.3 Å². The maximum Gasteiger partial charge on any atom is 0.248 e. The summed E-state index contributed by atoms with van der Waals surface area (Å²) in [5.74, 6) is 3.67. The lowest BCUT2D eigenvalue weighted by Crippen LogP contribution is -2.53. The summed E-state index contributed by atoms with van der Waals surface area (Å²) in [6.45, 7) is 11.1. The van der Waals surface area contributed by atoms with Gasteiger partial charge in [-0.15, -0.1) is 0 Å². The Morgan fingerprint density at radius 2 is 1.98 bits per heavy atom. The van der Waals surface area contributed by atoms with E-state index >= 15 is 0 Å². The summed E-state index contributed by atoms with van der Waals surface area (Å²) in [6.07, 6.45) is 7.10. The predicted octanol–water partition coefficient (Wildman–Crippen LogP) is 4.76. The molecule has 2 aromatic carbocycles. The fraction of sp³-hybridized carbons (Fsp3) is 0.382. The molecule has 44 heavy (non-hydrogen) atoms. The molecule has 1 saturated heterocycles. The van der Waals surface area contributed by atoms with Gasteiger partial charge in [-0.2, -0.15) is 4.99 Å². The Morgan fingerprint density at radius 3 is 2.68 bits per heavy atom. The van der Waals surface area contributed by atoms with Gasteiger partial charge in [0.25, 0.3) is 0 Å². The monoisotopic (exact) mass is 598 g/mol. The van der Waals surface area contributed by atoms with E-state index in [1.54, 1.807) is 0 Å². The first-order valence-electron chi connectivity index (χ1n) is 15.1. The van der Waals surface area contributed by atoms with Crippen LogP contribution >= 0.6 is 0 Å².